The highest BCUT2D eigenvalue weighted by Crippen LogP contribution is 2.40. The molecule has 27 heavy (non-hydrogen) atoms. The van der Waals surface area contributed by atoms with Gasteiger partial charge in [0.25, 0.3) is 0 Å². The van der Waals surface area contributed by atoms with Crippen LogP contribution in [0.5, 0.6) is 0 Å². The number of hydrogen-bond acceptors (Lipinski definition) is 4. The molecule has 2 aromatic carbocycles. The Morgan fingerprint density at radius 1 is 1.00 bits per heavy atom. The number of amides is 2. The second kappa shape index (κ2) is 8.22. The Morgan fingerprint density at radius 2 is 1.63 bits per heavy atom. The van der Waals surface area contributed by atoms with Crippen LogP contribution in [0.1, 0.15) is 23.7 Å². The summed E-state index contributed by atoms with van der Waals surface area (Å²) >= 11 is 5.82. The van der Waals surface area contributed by atoms with Gasteiger partial charge in [-0.05, 0) is 49.7 Å². The molecule has 6 nitrogen and oxygen atoms in total. The lowest BCUT2D eigenvalue weighted by atomic mass is 10.1. The fourth-order valence-corrected chi connectivity index (χ4v) is 2.87. The van der Waals surface area contributed by atoms with E-state index in [1.807, 2.05) is 0 Å². The first-order valence-electron chi connectivity index (χ1n) is 8.63. The van der Waals surface area contributed by atoms with Crippen molar-refractivity contribution < 1.29 is 19.1 Å². The van der Waals surface area contributed by atoms with Crippen LogP contribution in [0.25, 0.3) is 0 Å². The quantitative estimate of drug-likeness (QED) is 0.741. The number of anilines is 2. The summed E-state index contributed by atoms with van der Waals surface area (Å²) in [6.07, 6.45) is 0.465. The van der Waals surface area contributed by atoms with Crippen molar-refractivity contribution in [2.45, 2.75) is 13.3 Å². The molecule has 0 heterocycles. The average molecular weight is 387 g/mol. The Hall–Kier alpha value is -2.86. The van der Waals surface area contributed by atoms with E-state index in [-0.39, 0.29) is 24.0 Å². The molecule has 2 unspecified atom stereocenters. The van der Waals surface area contributed by atoms with Gasteiger partial charge in [-0.3, -0.25) is 9.59 Å². The Balaban J connectivity index is 1.60. The molecule has 0 saturated heterocycles. The molecule has 0 spiro atoms. The maximum atomic E-state index is 12.5. The van der Waals surface area contributed by atoms with Gasteiger partial charge in [-0.1, -0.05) is 23.7 Å². The summed E-state index contributed by atoms with van der Waals surface area (Å²) in [7, 11) is 0. The van der Waals surface area contributed by atoms with Crippen LogP contribution in [0.4, 0.5) is 11.4 Å². The van der Waals surface area contributed by atoms with E-state index < -0.39 is 17.8 Å². The van der Waals surface area contributed by atoms with Crippen molar-refractivity contribution >= 4 is 40.8 Å². The highest BCUT2D eigenvalue weighted by molar-refractivity contribution is 6.30. The van der Waals surface area contributed by atoms with Crippen LogP contribution in [0.3, 0.4) is 0 Å². The van der Waals surface area contributed by atoms with Gasteiger partial charge in [0.05, 0.1) is 29.7 Å². The van der Waals surface area contributed by atoms with Gasteiger partial charge in [0.15, 0.2) is 0 Å². The fraction of sp³-hybridized carbons (Fsp3) is 0.250. The highest BCUT2D eigenvalue weighted by Gasteiger charge is 2.48. The van der Waals surface area contributed by atoms with Gasteiger partial charge in [-0.25, -0.2) is 4.79 Å². The molecule has 2 amide bonds. The average Bonchev–Trinajstić information content (AvgIpc) is 3.45. The standard InChI is InChI=1S/C20H19ClN2O4/c1-2-27-20(26)14-5-3-4-6-17(14)23-19(25)16-11-15(16)18(24)22-13-9-7-12(21)8-10-13/h3-10,15-16H,2,11H2,1H3,(H,22,24)(H,23,25). The number of benzene rings is 2. The molecular formula is C20H19ClN2O4. The lowest BCUT2D eigenvalue weighted by Crippen LogP contribution is -2.21. The normalized spacial score (nSPS) is 17.7. The number of hydrogen-bond donors (Lipinski definition) is 2. The van der Waals surface area contributed by atoms with Crippen molar-refractivity contribution in [1.29, 1.82) is 0 Å². The number of carbonyl (C=O) groups excluding carboxylic acids is 3. The molecule has 1 aliphatic carbocycles. The minimum atomic E-state index is -0.499. The van der Waals surface area contributed by atoms with Crippen LogP contribution >= 0.6 is 11.6 Å². The van der Waals surface area contributed by atoms with Crippen LogP contribution < -0.4 is 10.6 Å². The van der Waals surface area contributed by atoms with Crippen LogP contribution in [0, 0.1) is 11.8 Å². The zero-order chi connectivity index (χ0) is 19.4. The lowest BCUT2D eigenvalue weighted by molar-refractivity contribution is -0.122. The van der Waals surface area contributed by atoms with Gasteiger partial charge >= 0.3 is 5.97 Å². The van der Waals surface area contributed by atoms with Gasteiger partial charge in [-0.15, -0.1) is 0 Å². The Bertz CT molecular complexity index is 867. The first-order valence-corrected chi connectivity index (χ1v) is 9.01. The molecular weight excluding hydrogens is 368 g/mol. The molecule has 1 fully saturated rings. The van der Waals surface area contributed by atoms with Crippen molar-refractivity contribution in [2.75, 3.05) is 17.2 Å². The molecule has 2 N–H and O–H groups in total. The summed E-state index contributed by atoms with van der Waals surface area (Å²) in [6, 6.07) is 13.4. The Kier molecular flexibility index (Phi) is 5.76. The Morgan fingerprint density at radius 3 is 2.30 bits per heavy atom. The predicted octanol–water partition coefficient (Wildman–Crippen LogP) is 3.73. The molecule has 3 rings (SSSR count). The molecule has 1 aliphatic rings. The van der Waals surface area contributed by atoms with E-state index in [0.717, 1.165) is 0 Å². The van der Waals surface area contributed by atoms with Gasteiger partial charge in [0.1, 0.15) is 0 Å². The third-order valence-corrected chi connectivity index (χ3v) is 4.51. The third kappa shape index (κ3) is 4.65. The third-order valence-electron chi connectivity index (χ3n) is 4.26. The van der Waals surface area contributed by atoms with Gasteiger partial charge in [-0.2, -0.15) is 0 Å². The number of rotatable bonds is 6. The predicted molar refractivity (Wildman–Crippen MR) is 103 cm³/mol. The molecule has 140 valence electrons. The van der Waals surface area contributed by atoms with Crippen molar-refractivity contribution in [3.63, 3.8) is 0 Å². The smallest absolute Gasteiger partial charge is 0.340 e. The highest BCUT2D eigenvalue weighted by atomic mass is 35.5. The van der Waals surface area contributed by atoms with Crippen LogP contribution in [0.15, 0.2) is 48.5 Å². The first-order chi connectivity index (χ1) is 13.0. The molecule has 2 aromatic rings. The number of carbonyl (C=O) groups is 3. The van der Waals surface area contributed by atoms with E-state index in [2.05, 4.69) is 10.6 Å². The number of halogens is 1. The Labute approximate surface area is 161 Å². The number of nitrogens with one attached hydrogen (secondary N) is 2. The molecule has 7 heteroatoms. The minimum absolute atomic E-state index is 0.212. The van der Waals surface area contributed by atoms with Crippen LogP contribution in [-0.2, 0) is 14.3 Å². The van der Waals surface area contributed by atoms with E-state index in [0.29, 0.717) is 22.8 Å². The minimum Gasteiger partial charge on any atom is -0.462 e. The fourth-order valence-electron chi connectivity index (χ4n) is 2.75. The number of esters is 1. The molecule has 2 atom stereocenters. The molecule has 0 bridgehead atoms. The summed E-state index contributed by atoms with van der Waals surface area (Å²) in [5, 5.41) is 6.09. The summed E-state index contributed by atoms with van der Waals surface area (Å²) in [5.41, 5.74) is 1.29. The second-order valence-electron chi connectivity index (χ2n) is 6.20. The van der Waals surface area contributed by atoms with Crippen molar-refractivity contribution in [2.24, 2.45) is 11.8 Å². The van der Waals surface area contributed by atoms with Crippen LogP contribution in [0.2, 0.25) is 5.02 Å². The molecule has 0 radical (unpaired) electrons. The van der Waals surface area contributed by atoms with Crippen molar-refractivity contribution in [1.82, 2.24) is 0 Å². The summed E-state index contributed by atoms with van der Waals surface area (Å²) in [5.74, 6) is -1.82. The topological polar surface area (TPSA) is 84.5 Å². The van der Waals surface area contributed by atoms with Gasteiger partial charge < -0.3 is 15.4 Å². The van der Waals surface area contributed by atoms with Crippen LogP contribution in [-0.4, -0.2) is 24.4 Å². The van der Waals surface area contributed by atoms with E-state index in [1.54, 1.807) is 55.5 Å². The van der Waals surface area contributed by atoms with Gasteiger partial charge in [0.2, 0.25) is 11.8 Å². The van der Waals surface area contributed by atoms with Crippen molar-refractivity contribution in [3.05, 3.63) is 59.1 Å². The molecule has 0 aromatic heterocycles. The summed E-state index contributed by atoms with van der Waals surface area (Å²) in [6.45, 7) is 1.96. The van der Waals surface area contributed by atoms with E-state index in [4.69, 9.17) is 16.3 Å². The van der Waals surface area contributed by atoms with Crippen molar-refractivity contribution in [3.8, 4) is 0 Å². The maximum Gasteiger partial charge on any atom is 0.340 e. The zero-order valence-electron chi connectivity index (χ0n) is 14.7. The summed E-state index contributed by atoms with van der Waals surface area (Å²) in [4.78, 5) is 36.7. The van der Waals surface area contributed by atoms with Gasteiger partial charge in [0, 0.05) is 10.7 Å². The maximum absolute atomic E-state index is 12.5. The molecule has 0 aliphatic heterocycles. The SMILES string of the molecule is CCOC(=O)c1ccccc1NC(=O)C1CC1C(=O)Nc1ccc(Cl)cc1. The largest absolute Gasteiger partial charge is 0.462 e. The number of ether oxygens (including phenoxy) is 1. The second-order valence-corrected chi connectivity index (χ2v) is 6.64. The lowest BCUT2D eigenvalue weighted by Gasteiger charge is -2.10. The summed E-state index contributed by atoms with van der Waals surface area (Å²) < 4.78 is 5.00. The molecule has 1 saturated carbocycles. The monoisotopic (exact) mass is 386 g/mol. The zero-order valence-corrected chi connectivity index (χ0v) is 15.5. The van der Waals surface area contributed by atoms with E-state index in [9.17, 15) is 14.4 Å². The number of para-hydroxylation sites is 1. The van der Waals surface area contributed by atoms with E-state index >= 15 is 0 Å². The first kappa shape index (κ1) is 18.9. The van der Waals surface area contributed by atoms with E-state index in [1.165, 1.54) is 0 Å².